The van der Waals surface area contributed by atoms with E-state index in [1.165, 1.54) is 0 Å². The van der Waals surface area contributed by atoms with Crippen LogP contribution >= 0.6 is 0 Å². The van der Waals surface area contributed by atoms with E-state index in [-0.39, 0.29) is 11.3 Å². The molecule has 5 nitrogen and oxygen atoms in total. The Morgan fingerprint density at radius 1 is 1.05 bits per heavy atom. The van der Waals surface area contributed by atoms with Crippen molar-refractivity contribution in [3.05, 3.63) is 0 Å². The van der Waals surface area contributed by atoms with Crippen LogP contribution in [0.2, 0.25) is 0 Å². The van der Waals surface area contributed by atoms with E-state index in [4.69, 9.17) is 9.47 Å². The quantitative estimate of drug-likeness (QED) is 0.789. The highest BCUT2D eigenvalue weighted by Crippen LogP contribution is 2.18. The van der Waals surface area contributed by atoms with Crippen LogP contribution in [0.5, 0.6) is 0 Å². The Hall–Kier alpha value is -1.26. The van der Waals surface area contributed by atoms with Gasteiger partial charge in [-0.3, -0.25) is 0 Å². The van der Waals surface area contributed by atoms with Crippen molar-refractivity contribution in [3.8, 4) is 0 Å². The van der Waals surface area contributed by atoms with E-state index in [0.29, 0.717) is 6.61 Å². The Kier molecular flexibility index (Phi) is 7.20. The summed E-state index contributed by atoms with van der Waals surface area (Å²) in [6, 6.07) is -0.695. The summed E-state index contributed by atoms with van der Waals surface area (Å²) in [4.78, 5) is 23.8. The van der Waals surface area contributed by atoms with Gasteiger partial charge in [-0.25, -0.2) is 9.59 Å². The molecule has 0 spiro atoms. The molecule has 0 heterocycles. The fourth-order valence-corrected chi connectivity index (χ4v) is 1.48. The average Bonchev–Trinajstić information content (AvgIpc) is 2.20. The summed E-state index contributed by atoms with van der Waals surface area (Å²) in [5.74, 6) is -0.486. The smallest absolute Gasteiger partial charge is 0.408 e. The second kappa shape index (κ2) is 7.66. The Morgan fingerprint density at radius 3 is 1.95 bits per heavy atom. The molecule has 0 aromatic carbocycles. The number of alkyl carbamates (subject to hydrolysis) is 1. The molecule has 1 N–H and O–H groups in total. The van der Waals surface area contributed by atoms with Crippen molar-refractivity contribution >= 4 is 12.1 Å². The van der Waals surface area contributed by atoms with Gasteiger partial charge in [0.05, 0.1) is 6.61 Å². The Balaban J connectivity index is 4.48. The zero-order valence-electron chi connectivity index (χ0n) is 14.7. The molecule has 0 aliphatic rings. The van der Waals surface area contributed by atoms with Gasteiger partial charge >= 0.3 is 12.1 Å². The van der Waals surface area contributed by atoms with Crippen LogP contribution in [0.3, 0.4) is 0 Å². The molecule has 1 atom stereocenters. The first-order valence-electron chi connectivity index (χ1n) is 7.48. The number of nitrogens with one attached hydrogen (secondary N) is 1. The largest absolute Gasteiger partial charge is 0.464 e. The lowest BCUT2D eigenvalue weighted by Gasteiger charge is -2.25. The third-order valence-corrected chi connectivity index (χ3v) is 2.69. The average molecular weight is 301 g/mol. The Morgan fingerprint density at radius 2 is 1.57 bits per heavy atom. The van der Waals surface area contributed by atoms with E-state index in [0.717, 1.165) is 6.42 Å². The predicted molar refractivity (Wildman–Crippen MR) is 83.0 cm³/mol. The van der Waals surface area contributed by atoms with E-state index in [1.807, 2.05) is 13.8 Å². The number of rotatable bonds is 5. The van der Waals surface area contributed by atoms with Crippen LogP contribution in [-0.2, 0) is 14.3 Å². The number of amides is 1. The maximum atomic E-state index is 12.1. The number of carbonyl (C=O) groups excluding carboxylic acids is 2. The standard InChI is InChI=1S/C16H31NO4/c1-11(2)12(17-14(19)21-16(6,7)8)13(18)20-10-9-15(3,4)5/h11-12H,9-10H2,1-8H3,(H,17,19). The number of hydrogen-bond acceptors (Lipinski definition) is 4. The summed E-state index contributed by atoms with van der Waals surface area (Å²) in [6.45, 7) is 15.6. The van der Waals surface area contributed by atoms with E-state index in [9.17, 15) is 9.59 Å². The topological polar surface area (TPSA) is 64.6 Å². The number of ether oxygens (including phenoxy) is 2. The van der Waals surface area contributed by atoms with Gasteiger partial charge in [-0.2, -0.15) is 0 Å². The highest BCUT2D eigenvalue weighted by molar-refractivity contribution is 5.81. The Bertz CT molecular complexity index is 350. The van der Waals surface area contributed by atoms with Gasteiger partial charge in [0.2, 0.25) is 0 Å². The van der Waals surface area contributed by atoms with E-state index in [1.54, 1.807) is 20.8 Å². The maximum Gasteiger partial charge on any atom is 0.408 e. The summed E-state index contributed by atoms with van der Waals surface area (Å²) in [5.41, 5.74) is -0.492. The first kappa shape index (κ1) is 19.7. The first-order valence-corrected chi connectivity index (χ1v) is 7.48. The predicted octanol–water partition coefficient (Wildman–Crippen LogP) is 3.52. The molecule has 0 aromatic heterocycles. The summed E-state index contributed by atoms with van der Waals surface area (Å²) in [5, 5.41) is 2.58. The van der Waals surface area contributed by atoms with Crippen molar-refractivity contribution in [2.45, 2.75) is 73.5 Å². The molecular formula is C16H31NO4. The van der Waals surface area contributed by atoms with Crippen molar-refractivity contribution in [2.24, 2.45) is 11.3 Å². The van der Waals surface area contributed by atoms with Gasteiger partial charge in [0.1, 0.15) is 11.6 Å². The third-order valence-electron chi connectivity index (χ3n) is 2.69. The van der Waals surface area contributed by atoms with Gasteiger partial charge in [-0.15, -0.1) is 0 Å². The molecule has 0 saturated carbocycles. The SMILES string of the molecule is CC(C)C(NC(=O)OC(C)(C)C)C(=O)OCCC(C)(C)C. The summed E-state index contributed by atoms with van der Waals surface area (Å²) in [6.07, 6.45) is 0.171. The lowest BCUT2D eigenvalue weighted by atomic mass is 9.93. The van der Waals surface area contributed by atoms with Gasteiger partial charge in [0, 0.05) is 0 Å². The zero-order valence-corrected chi connectivity index (χ0v) is 14.7. The highest BCUT2D eigenvalue weighted by atomic mass is 16.6. The number of esters is 1. The van der Waals surface area contributed by atoms with Crippen LogP contribution in [0.25, 0.3) is 0 Å². The molecular weight excluding hydrogens is 270 g/mol. The molecule has 21 heavy (non-hydrogen) atoms. The molecule has 0 radical (unpaired) electrons. The molecule has 0 bridgehead atoms. The van der Waals surface area contributed by atoms with Crippen molar-refractivity contribution in [3.63, 3.8) is 0 Å². The maximum absolute atomic E-state index is 12.1. The van der Waals surface area contributed by atoms with Crippen molar-refractivity contribution in [1.29, 1.82) is 0 Å². The van der Waals surface area contributed by atoms with E-state index < -0.39 is 23.7 Å². The normalized spacial score (nSPS) is 13.8. The molecule has 5 heteroatoms. The minimum Gasteiger partial charge on any atom is -0.464 e. The van der Waals surface area contributed by atoms with Crippen LogP contribution in [0.15, 0.2) is 0 Å². The molecule has 0 aliphatic carbocycles. The zero-order chi connectivity index (χ0) is 16.8. The van der Waals surface area contributed by atoms with Crippen LogP contribution in [-0.4, -0.2) is 30.3 Å². The fraction of sp³-hybridized carbons (Fsp3) is 0.875. The molecule has 124 valence electrons. The minimum atomic E-state index is -0.695. The van der Waals surface area contributed by atoms with Crippen LogP contribution in [0.4, 0.5) is 4.79 Å². The van der Waals surface area contributed by atoms with Crippen molar-refractivity contribution in [2.75, 3.05) is 6.61 Å². The summed E-state index contributed by atoms with van der Waals surface area (Å²) < 4.78 is 10.4. The van der Waals surface area contributed by atoms with Gasteiger partial charge in [-0.05, 0) is 38.5 Å². The van der Waals surface area contributed by atoms with Gasteiger partial charge < -0.3 is 14.8 Å². The summed E-state index contributed by atoms with van der Waals surface area (Å²) in [7, 11) is 0. The van der Waals surface area contributed by atoms with E-state index in [2.05, 4.69) is 26.1 Å². The number of carbonyl (C=O) groups is 2. The van der Waals surface area contributed by atoms with Crippen LogP contribution in [0, 0.1) is 11.3 Å². The minimum absolute atomic E-state index is 0.0698. The summed E-state index contributed by atoms with van der Waals surface area (Å²) >= 11 is 0. The van der Waals surface area contributed by atoms with Gasteiger partial charge in [-0.1, -0.05) is 34.6 Å². The molecule has 0 rings (SSSR count). The van der Waals surface area contributed by atoms with Gasteiger partial charge in [0.25, 0.3) is 0 Å². The first-order chi connectivity index (χ1) is 9.32. The number of hydrogen-bond donors (Lipinski definition) is 1. The van der Waals surface area contributed by atoms with Crippen molar-refractivity contribution in [1.82, 2.24) is 5.32 Å². The van der Waals surface area contributed by atoms with Gasteiger partial charge in [0.15, 0.2) is 0 Å². The molecule has 1 unspecified atom stereocenters. The molecule has 0 saturated heterocycles. The second-order valence-electron chi connectivity index (χ2n) is 7.85. The van der Waals surface area contributed by atoms with Crippen LogP contribution < -0.4 is 5.32 Å². The third kappa shape index (κ3) is 10.2. The Labute approximate surface area is 128 Å². The highest BCUT2D eigenvalue weighted by Gasteiger charge is 2.28. The molecule has 0 aromatic rings. The molecule has 1 amide bonds. The van der Waals surface area contributed by atoms with Crippen LogP contribution in [0.1, 0.15) is 61.8 Å². The second-order valence-corrected chi connectivity index (χ2v) is 7.85. The lowest BCUT2D eigenvalue weighted by Crippen LogP contribution is -2.47. The lowest BCUT2D eigenvalue weighted by molar-refractivity contribution is -0.148. The molecule has 0 fully saturated rings. The molecule has 0 aliphatic heterocycles. The van der Waals surface area contributed by atoms with E-state index >= 15 is 0 Å². The fourth-order valence-electron chi connectivity index (χ4n) is 1.48. The monoisotopic (exact) mass is 301 g/mol. The van der Waals surface area contributed by atoms with Crippen molar-refractivity contribution < 1.29 is 19.1 Å².